The Bertz CT molecular complexity index is 238. The molecule has 1 unspecified atom stereocenters. The lowest BCUT2D eigenvalue weighted by atomic mass is 10.0. The molecule has 0 aliphatic rings. The molecule has 0 fully saturated rings. The maximum Gasteiger partial charge on any atom is 0.000526 e. The largest absolute Gasteiger partial charge is 0.0933 e. The Balaban J connectivity index is 2.52. The minimum absolute atomic E-state index is 0.518. The van der Waals surface area contributed by atoms with Crippen molar-refractivity contribution < 1.29 is 0 Å². The zero-order valence-electron chi connectivity index (χ0n) is 7.20. The van der Waals surface area contributed by atoms with E-state index in [2.05, 4.69) is 31.2 Å². The molecule has 1 rings (SSSR count). The molecule has 0 saturated heterocycles. The number of rotatable bonds is 3. The molecule has 0 nitrogen and oxygen atoms in total. The fourth-order valence-corrected chi connectivity index (χ4v) is 1.43. The third kappa shape index (κ3) is 3.10. The van der Waals surface area contributed by atoms with Crippen molar-refractivity contribution >= 4 is 11.6 Å². The number of halogens is 1. The van der Waals surface area contributed by atoms with Crippen molar-refractivity contribution in [1.82, 2.24) is 0 Å². The maximum atomic E-state index is 5.48. The van der Waals surface area contributed by atoms with Crippen LogP contribution in [0.25, 0.3) is 0 Å². The van der Waals surface area contributed by atoms with E-state index in [1.54, 1.807) is 5.54 Å². The van der Waals surface area contributed by atoms with Crippen LogP contribution in [0.4, 0.5) is 0 Å². The fourth-order valence-electron chi connectivity index (χ4n) is 1.18. The van der Waals surface area contributed by atoms with Crippen molar-refractivity contribution in [1.29, 1.82) is 0 Å². The van der Waals surface area contributed by atoms with Gasteiger partial charge < -0.3 is 0 Å². The summed E-state index contributed by atoms with van der Waals surface area (Å²) in [5.41, 5.74) is 2.95. The van der Waals surface area contributed by atoms with E-state index >= 15 is 0 Å². The summed E-state index contributed by atoms with van der Waals surface area (Å²) < 4.78 is 0. The molecule has 1 atom stereocenters. The molecule has 0 N–H and O–H groups in total. The van der Waals surface area contributed by atoms with E-state index in [4.69, 9.17) is 11.6 Å². The second-order valence-corrected chi connectivity index (χ2v) is 3.24. The monoisotopic (exact) mass is 180 g/mol. The number of benzene rings is 1. The van der Waals surface area contributed by atoms with Crippen molar-refractivity contribution in [3.63, 3.8) is 0 Å². The van der Waals surface area contributed by atoms with Gasteiger partial charge in [0.1, 0.15) is 0 Å². The first kappa shape index (κ1) is 9.34. The normalized spacial score (nSPS) is 13.5. The summed E-state index contributed by atoms with van der Waals surface area (Å²) in [6, 6.07) is 10.4. The fraction of sp³-hybridized carbons (Fsp3) is 0.273. The summed E-state index contributed by atoms with van der Waals surface area (Å²) in [5, 5.41) is 0. The number of hydrogen-bond donors (Lipinski definition) is 0. The molecular formula is C11H13Cl. The van der Waals surface area contributed by atoms with Crippen molar-refractivity contribution in [2.45, 2.75) is 13.3 Å². The van der Waals surface area contributed by atoms with Crippen LogP contribution in [0, 0.1) is 5.92 Å². The van der Waals surface area contributed by atoms with E-state index < -0.39 is 0 Å². The van der Waals surface area contributed by atoms with Crippen LogP contribution in [-0.4, -0.2) is 0 Å². The SMILES string of the molecule is CC(C=CCl)Cc1ccccc1. The van der Waals surface area contributed by atoms with Crippen LogP contribution in [0.3, 0.4) is 0 Å². The van der Waals surface area contributed by atoms with Gasteiger partial charge in [-0.2, -0.15) is 0 Å². The molecule has 64 valence electrons. The van der Waals surface area contributed by atoms with E-state index in [0.717, 1.165) is 6.42 Å². The highest BCUT2D eigenvalue weighted by Gasteiger charge is 1.97. The Labute approximate surface area is 78.9 Å². The van der Waals surface area contributed by atoms with E-state index in [1.165, 1.54) is 5.56 Å². The molecule has 0 radical (unpaired) electrons. The Hall–Kier alpha value is -0.750. The molecule has 1 aromatic rings. The summed E-state index contributed by atoms with van der Waals surface area (Å²) in [7, 11) is 0. The van der Waals surface area contributed by atoms with Gasteiger partial charge in [0.05, 0.1) is 0 Å². The molecule has 12 heavy (non-hydrogen) atoms. The van der Waals surface area contributed by atoms with Gasteiger partial charge in [-0.15, -0.1) is 0 Å². The Kier molecular flexibility index (Phi) is 3.89. The van der Waals surface area contributed by atoms with Gasteiger partial charge in [0.15, 0.2) is 0 Å². The van der Waals surface area contributed by atoms with Gasteiger partial charge in [-0.25, -0.2) is 0 Å². The van der Waals surface area contributed by atoms with Crippen molar-refractivity contribution in [2.24, 2.45) is 5.92 Å². The van der Waals surface area contributed by atoms with Gasteiger partial charge in [0.25, 0.3) is 0 Å². The zero-order chi connectivity index (χ0) is 8.81. The highest BCUT2D eigenvalue weighted by atomic mass is 35.5. The minimum atomic E-state index is 0.518. The van der Waals surface area contributed by atoms with E-state index in [1.807, 2.05) is 12.1 Å². The second kappa shape index (κ2) is 5.00. The molecule has 0 amide bonds. The Morgan fingerprint density at radius 1 is 1.33 bits per heavy atom. The molecule has 0 saturated carbocycles. The van der Waals surface area contributed by atoms with E-state index in [9.17, 15) is 0 Å². The van der Waals surface area contributed by atoms with Gasteiger partial charge >= 0.3 is 0 Å². The van der Waals surface area contributed by atoms with Crippen LogP contribution in [0.2, 0.25) is 0 Å². The third-order valence-electron chi connectivity index (χ3n) is 1.80. The van der Waals surface area contributed by atoms with Crippen molar-refractivity contribution in [3.8, 4) is 0 Å². The quantitative estimate of drug-likeness (QED) is 0.667. The number of allylic oxidation sites excluding steroid dienone is 1. The van der Waals surface area contributed by atoms with Crippen LogP contribution in [0.5, 0.6) is 0 Å². The molecule has 0 aliphatic heterocycles. The summed E-state index contributed by atoms with van der Waals surface area (Å²) in [6.45, 7) is 2.16. The first-order valence-corrected chi connectivity index (χ1v) is 4.57. The van der Waals surface area contributed by atoms with Crippen molar-refractivity contribution in [3.05, 3.63) is 47.5 Å². The smallest absolute Gasteiger partial charge is 0.000526 e. The highest BCUT2D eigenvalue weighted by molar-refractivity contribution is 6.25. The van der Waals surface area contributed by atoms with Gasteiger partial charge in [-0.05, 0) is 17.9 Å². The first-order chi connectivity index (χ1) is 5.83. The van der Waals surface area contributed by atoms with Crippen LogP contribution in [0.1, 0.15) is 12.5 Å². The summed E-state index contributed by atoms with van der Waals surface area (Å²) in [6.07, 6.45) is 3.07. The van der Waals surface area contributed by atoms with Gasteiger partial charge in [-0.3, -0.25) is 0 Å². The van der Waals surface area contributed by atoms with E-state index in [0.29, 0.717) is 5.92 Å². The third-order valence-corrected chi connectivity index (χ3v) is 1.95. The Morgan fingerprint density at radius 2 is 2.00 bits per heavy atom. The lowest BCUT2D eigenvalue weighted by Gasteiger charge is -2.04. The second-order valence-electron chi connectivity index (χ2n) is 2.99. The van der Waals surface area contributed by atoms with Crippen LogP contribution in [0.15, 0.2) is 41.9 Å². The van der Waals surface area contributed by atoms with E-state index in [-0.39, 0.29) is 0 Å². The number of hydrogen-bond acceptors (Lipinski definition) is 0. The predicted molar refractivity (Wildman–Crippen MR) is 54.3 cm³/mol. The molecule has 0 bridgehead atoms. The summed E-state index contributed by atoms with van der Waals surface area (Å²) in [4.78, 5) is 0. The molecule has 1 aromatic carbocycles. The highest BCUT2D eigenvalue weighted by Crippen LogP contribution is 2.09. The first-order valence-electron chi connectivity index (χ1n) is 4.13. The Morgan fingerprint density at radius 3 is 2.58 bits per heavy atom. The van der Waals surface area contributed by atoms with Gasteiger partial charge in [-0.1, -0.05) is 54.9 Å². The lowest BCUT2D eigenvalue weighted by Crippen LogP contribution is -1.94. The topological polar surface area (TPSA) is 0 Å². The summed E-state index contributed by atoms with van der Waals surface area (Å²) >= 11 is 5.48. The molecule has 0 aliphatic carbocycles. The molecule has 0 heterocycles. The molecule has 1 heteroatoms. The van der Waals surface area contributed by atoms with Crippen LogP contribution < -0.4 is 0 Å². The minimum Gasteiger partial charge on any atom is -0.0933 e. The van der Waals surface area contributed by atoms with Crippen LogP contribution >= 0.6 is 11.6 Å². The molecule has 0 aromatic heterocycles. The zero-order valence-corrected chi connectivity index (χ0v) is 7.96. The summed E-state index contributed by atoms with van der Waals surface area (Å²) in [5.74, 6) is 0.518. The average Bonchev–Trinajstić information content (AvgIpc) is 2.06. The van der Waals surface area contributed by atoms with Crippen molar-refractivity contribution in [2.75, 3.05) is 0 Å². The predicted octanol–water partition coefficient (Wildman–Crippen LogP) is 3.62. The molecular weight excluding hydrogens is 168 g/mol. The average molecular weight is 181 g/mol. The van der Waals surface area contributed by atoms with Gasteiger partial charge in [0, 0.05) is 5.54 Å². The maximum absolute atomic E-state index is 5.48. The van der Waals surface area contributed by atoms with Gasteiger partial charge in [0.2, 0.25) is 0 Å². The lowest BCUT2D eigenvalue weighted by molar-refractivity contribution is 0.725. The molecule has 0 spiro atoms. The standard InChI is InChI=1S/C11H13Cl/c1-10(7-8-12)9-11-5-3-2-4-6-11/h2-8,10H,9H2,1H3. The van der Waals surface area contributed by atoms with Crippen LogP contribution in [-0.2, 0) is 6.42 Å².